The van der Waals surface area contributed by atoms with Crippen LogP contribution in [0.5, 0.6) is 0 Å². The molecule has 1 aromatic carbocycles. The van der Waals surface area contributed by atoms with Crippen LogP contribution in [-0.4, -0.2) is 36.5 Å². The number of nitrogens with zero attached hydrogens (tertiary/aromatic N) is 2. The normalized spacial score (nSPS) is 22.2. The third kappa shape index (κ3) is 4.88. The summed E-state index contributed by atoms with van der Waals surface area (Å²) in [6.07, 6.45) is 10.3. The molecule has 2 fully saturated rings. The lowest BCUT2D eigenvalue weighted by molar-refractivity contribution is 0.179. The molecule has 1 heterocycles. The zero-order chi connectivity index (χ0) is 16.4. The molecule has 1 saturated heterocycles. The highest BCUT2D eigenvalue weighted by Gasteiger charge is 2.31. The predicted octanol–water partition coefficient (Wildman–Crippen LogP) is 3.78. The first-order valence-electron chi connectivity index (χ1n) is 9.71. The van der Waals surface area contributed by atoms with Crippen LogP contribution in [0.25, 0.3) is 0 Å². The van der Waals surface area contributed by atoms with Crippen molar-refractivity contribution in [3.8, 4) is 0 Å². The highest BCUT2D eigenvalue weighted by Crippen LogP contribution is 2.31. The Kier molecular flexibility index (Phi) is 6.61. The minimum atomic E-state index is 0. The van der Waals surface area contributed by atoms with Gasteiger partial charge >= 0.3 is 0 Å². The molecule has 5 heteroatoms. The zero-order valence-electron chi connectivity index (χ0n) is 15.0. The number of piperidine rings is 1. The van der Waals surface area contributed by atoms with Crippen LogP contribution in [0.15, 0.2) is 23.2 Å². The molecule has 1 aliphatic heterocycles. The number of benzene rings is 1. The molecule has 0 amide bonds. The van der Waals surface area contributed by atoms with Crippen molar-refractivity contribution in [2.45, 2.75) is 57.4 Å². The number of nitrogens with one attached hydrogen (secondary N) is 1. The van der Waals surface area contributed by atoms with E-state index in [1.807, 2.05) is 0 Å². The van der Waals surface area contributed by atoms with E-state index in [2.05, 4.69) is 33.4 Å². The summed E-state index contributed by atoms with van der Waals surface area (Å²) in [7, 11) is 0. The maximum Gasteiger partial charge on any atom is 0.193 e. The quantitative estimate of drug-likeness (QED) is 0.414. The lowest BCUT2D eigenvalue weighted by Gasteiger charge is -2.31. The summed E-state index contributed by atoms with van der Waals surface area (Å²) < 4.78 is 0. The van der Waals surface area contributed by atoms with E-state index in [4.69, 9.17) is 5.73 Å². The minimum Gasteiger partial charge on any atom is -0.370 e. The number of anilines is 1. The van der Waals surface area contributed by atoms with Crippen molar-refractivity contribution < 1.29 is 0 Å². The van der Waals surface area contributed by atoms with E-state index in [9.17, 15) is 0 Å². The van der Waals surface area contributed by atoms with E-state index >= 15 is 0 Å². The number of halogens is 1. The average Bonchev–Trinajstić information content (AvgIpc) is 3.46. The number of fused-ring (bicyclic) bond motifs is 1. The monoisotopic (exact) mass is 454 g/mol. The fourth-order valence-corrected chi connectivity index (χ4v) is 4.24. The van der Waals surface area contributed by atoms with Crippen molar-refractivity contribution in [2.75, 3.05) is 25.0 Å². The summed E-state index contributed by atoms with van der Waals surface area (Å²) in [5, 5.41) is 3.36. The first-order chi connectivity index (χ1) is 11.8. The highest BCUT2D eigenvalue weighted by atomic mass is 127. The standard InChI is InChI=1S/C20H30N4.HI/c21-20(22-14-15-10-12-24(13-11-15)17-8-9-17)23-19-7-3-5-16-4-1-2-6-18(16)19;/h3,5,7,15,17H,1-2,4,6,8-14H2,(H3,21,22,23);1H. The second kappa shape index (κ2) is 8.71. The average molecular weight is 454 g/mol. The van der Waals surface area contributed by atoms with Crippen LogP contribution >= 0.6 is 24.0 Å². The third-order valence-electron chi connectivity index (χ3n) is 5.89. The van der Waals surface area contributed by atoms with Gasteiger partial charge in [-0.1, -0.05) is 12.1 Å². The van der Waals surface area contributed by atoms with E-state index in [1.54, 1.807) is 0 Å². The van der Waals surface area contributed by atoms with E-state index in [0.29, 0.717) is 11.9 Å². The Morgan fingerprint density at radius 1 is 1.12 bits per heavy atom. The predicted molar refractivity (Wildman–Crippen MR) is 116 cm³/mol. The van der Waals surface area contributed by atoms with Crippen molar-refractivity contribution in [1.29, 1.82) is 0 Å². The largest absolute Gasteiger partial charge is 0.370 e. The number of hydrogen-bond acceptors (Lipinski definition) is 2. The number of nitrogens with two attached hydrogens (primary N) is 1. The van der Waals surface area contributed by atoms with E-state index in [-0.39, 0.29) is 24.0 Å². The summed E-state index contributed by atoms with van der Waals surface area (Å²) in [5.74, 6) is 1.28. The van der Waals surface area contributed by atoms with Crippen LogP contribution in [0, 0.1) is 5.92 Å². The maximum absolute atomic E-state index is 6.17. The summed E-state index contributed by atoms with van der Waals surface area (Å²) in [5.41, 5.74) is 10.3. The highest BCUT2D eigenvalue weighted by molar-refractivity contribution is 14.0. The molecule has 138 valence electrons. The molecule has 25 heavy (non-hydrogen) atoms. The van der Waals surface area contributed by atoms with Gasteiger partial charge in [-0.15, -0.1) is 24.0 Å². The van der Waals surface area contributed by atoms with Gasteiger partial charge in [-0.3, -0.25) is 4.99 Å². The Labute approximate surface area is 168 Å². The topological polar surface area (TPSA) is 53.6 Å². The maximum atomic E-state index is 6.17. The second-order valence-electron chi connectivity index (χ2n) is 7.71. The number of aliphatic imine (C=N–C) groups is 1. The number of aryl methyl sites for hydroxylation is 1. The summed E-state index contributed by atoms with van der Waals surface area (Å²) in [4.78, 5) is 7.31. The fourth-order valence-electron chi connectivity index (χ4n) is 4.24. The van der Waals surface area contributed by atoms with E-state index < -0.39 is 0 Å². The molecular weight excluding hydrogens is 423 g/mol. The third-order valence-corrected chi connectivity index (χ3v) is 5.89. The first kappa shape index (κ1) is 19.0. The summed E-state index contributed by atoms with van der Waals surface area (Å²) in [6, 6.07) is 7.43. The van der Waals surface area contributed by atoms with Gasteiger partial charge in [0.05, 0.1) is 0 Å². The Bertz CT molecular complexity index is 604. The van der Waals surface area contributed by atoms with Crippen molar-refractivity contribution in [2.24, 2.45) is 16.6 Å². The molecule has 1 saturated carbocycles. The Hall–Kier alpha value is -0.820. The molecule has 0 atom stereocenters. The molecule has 0 bridgehead atoms. The summed E-state index contributed by atoms with van der Waals surface area (Å²) in [6.45, 7) is 3.38. The van der Waals surface area contributed by atoms with Gasteiger partial charge in [0, 0.05) is 18.3 Å². The Morgan fingerprint density at radius 2 is 1.88 bits per heavy atom. The minimum absolute atomic E-state index is 0. The van der Waals surface area contributed by atoms with Crippen LogP contribution in [0.2, 0.25) is 0 Å². The lowest BCUT2D eigenvalue weighted by Crippen LogP contribution is -2.36. The molecule has 3 N–H and O–H groups in total. The van der Waals surface area contributed by atoms with Gasteiger partial charge in [-0.2, -0.15) is 0 Å². The van der Waals surface area contributed by atoms with E-state index in [0.717, 1.165) is 24.7 Å². The van der Waals surface area contributed by atoms with Gasteiger partial charge in [-0.25, -0.2) is 0 Å². The smallest absolute Gasteiger partial charge is 0.193 e. The number of likely N-dealkylation sites (tertiary alicyclic amines) is 1. The van der Waals surface area contributed by atoms with Crippen LogP contribution in [-0.2, 0) is 12.8 Å². The lowest BCUT2D eigenvalue weighted by atomic mass is 9.90. The number of rotatable bonds is 4. The van der Waals surface area contributed by atoms with Gasteiger partial charge in [0.15, 0.2) is 5.96 Å². The Balaban J connectivity index is 0.00000182. The van der Waals surface area contributed by atoms with Gasteiger partial charge < -0.3 is 16.0 Å². The summed E-state index contributed by atoms with van der Waals surface area (Å²) >= 11 is 0. The SMILES string of the molecule is I.NC(=NCC1CCN(C2CC2)CC1)Nc1cccc2c1CCCC2. The molecule has 3 aliphatic rings. The molecule has 4 rings (SSSR count). The molecule has 2 aliphatic carbocycles. The molecule has 0 unspecified atom stereocenters. The molecule has 0 radical (unpaired) electrons. The van der Waals surface area contributed by atoms with Gasteiger partial charge in [-0.05, 0) is 87.6 Å². The molecule has 4 nitrogen and oxygen atoms in total. The van der Waals surface area contributed by atoms with Crippen LogP contribution in [0.4, 0.5) is 5.69 Å². The Morgan fingerprint density at radius 3 is 2.64 bits per heavy atom. The second-order valence-corrected chi connectivity index (χ2v) is 7.71. The fraction of sp³-hybridized carbons (Fsp3) is 0.650. The van der Waals surface area contributed by atoms with Crippen molar-refractivity contribution >= 4 is 35.6 Å². The van der Waals surface area contributed by atoms with E-state index in [1.165, 1.54) is 69.2 Å². The van der Waals surface area contributed by atoms with Crippen LogP contribution in [0.3, 0.4) is 0 Å². The molecule has 0 aromatic heterocycles. The van der Waals surface area contributed by atoms with Gasteiger partial charge in [0.1, 0.15) is 0 Å². The van der Waals surface area contributed by atoms with Crippen LogP contribution < -0.4 is 11.1 Å². The molecule has 0 spiro atoms. The zero-order valence-corrected chi connectivity index (χ0v) is 17.4. The number of guanidine groups is 1. The van der Waals surface area contributed by atoms with Crippen LogP contribution in [0.1, 0.15) is 49.7 Å². The molecular formula is C20H31IN4. The van der Waals surface area contributed by atoms with Crippen molar-refractivity contribution in [3.63, 3.8) is 0 Å². The number of hydrogen-bond donors (Lipinski definition) is 2. The van der Waals surface area contributed by atoms with Crippen molar-refractivity contribution in [3.05, 3.63) is 29.3 Å². The first-order valence-corrected chi connectivity index (χ1v) is 9.71. The molecule has 1 aromatic rings. The van der Waals surface area contributed by atoms with Gasteiger partial charge in [0.2, 0.25) is 0 Å². The van der Waals surface area contributed by atoms with Crippen molar-refractivity contribution in [1.82, 2.24) is 4.90 Å². The van der Waals surface area contributed by atoms with Gasteiger partial charge in [0.25, 0.3) is 0 Å².